The van der Waals surface area contributed by atoms with Crippen LogP contribution in [0.25, 0.3) is 5.57 Å². The first-order valence-corrected chi connectivity index (χ1v) is 14.6. The van der Waals surface area contributed by atoms with Crippen LogP contribution in [0, 0.1) is 17.7 Å². The predicted molar refractivity (Wildman–Crippen MR) is 161 cm³/mol. The SMILES string of the molecule is C=C(C1CCCN(C(=O)CC)C1)N1C(F)=CN=C(N)/C1=C(\c1c(F)cc(C(C)=O)cc1OCC)C(C)CC.CCC. The molecule has 0 aliphatic carbocycles. The number of ketones is 1. The molecular formula is C32H46F2N4O3. The zero-order chi connectivity index (χ0) is 30.9. The molecule has 0 bridgehead atoms. The molecule has 2 N–H and O–H groups in total. The van der Waals surface area contributed by atoms with Gasteiger partial charge in [-0.15, -0.1) is 0 Å². The highest BCUT2D eigenvalue weighted by molar-refractivity contribution is 6.06. The van der Waals surface area contributed by atoms with Gasteiger partial charge < -0.3 is 15.4 Å². The molecule has 0 radical (unpaired) electrons. The number of likely N-dealkylation sites (tertiary alicyclic amines) is 1. The minimum absolute atomic E-state index is 0.0117. The highest BCUT2D eigenvalue weighted by Gasteiger charge is 2.36. The van der Waals surface area contributed by atoms with E-state index in [0.29, 0.717) is 43.6 Å². The van der Waals surface area contributed by atoms with Crippen molar-refractivity contribution in [3.63, 3.8) is 0 Å². The number of amidine groups is 1. The standard InChI is InChI=1S/C29H38F2N4O3.C3H8/c1-7-17(4)26(27-22(30)13-21(19(6)36)14-23(27)38-9-3)28-29(32)33-15-24(31)35(28)18(5)20-11-10-12-34(16-20)25(37)8-2;1-3-2/h13-15,17,20H,5,7-12,16H2,1-4,6H3,(H2,32,33);3H2,1-2H3/b28-26+;. The van der Waals surface area contributed by atoms with E-state index in [0.717, 1.165) is 12.6 Å². The van der Waals surface area contributed by atoms with Crippen molar-refractivity contribution in [2.75, 3.05) is 19.7 Å². The summed E-state index contributed by atoms with van der Waals surface area (Å²) in [5, 5.41) is 0. The van der Waals surface area contributed by atoms with Crippen molar-refractivity contribution >= 4 is 23.1 Å². The van der Waals surface area contributed by atoms with Gasteiger partial charge in [0.15, 0.2) is 5.78 Å². The zero-order valence-corrected chi connectivity index (χ0v) is 25.7. The second-order valence-electron chi connectivity index (χ2n) is 10.4. The van der Waals surface area contributed by atoms with Gasteiger partial charge in [0, 0.05) is 36.7 Å². The van der Waals surface area contributed by atoms with Gasteiger partial charge in [-0.1, -0.05) is 47.6 Å². The number of ether oxygens (including phenoxy) is 1. The number of aliphatic imine (C=N–C) groups is 1. The van der Waals surface area contributed by atoms with Gasteiger partial charge in [-0.25, -0.2) is 9.38 Å². The van der Waals surface area contributed by atoms with Crippen LogP contribution >= 0.6 is 0 Å². The van der Waals surface area contributed by atoms with E-state index in [4.69, 9.17) is 10.5 Å². The average Bonchev–Trinajstić information content (AvgIpc) is 2.95. The lowest BCUT2D eigenvalue weighted by Gasteiger charge is -2.39. The topological polar surface area (TPSA) is 88.2 Å². The van der Waals surface area contributed by atoms with Crippen molar-refractivity contribution in [2.24, 2.45) is 22.6 Å². The molecule has 1 fully saturated rings. The molecule has 9 heteroatoms. The summed E-state index contributed by atoms with van der Waals surface area (Å²) < 4.78 is 37.3. The molecule has 2 aliphatic heterocycles. The summed E-state index contributed by atoms with van der Waals surface area (Å²) in [6, 6.07) is 2.67. The normalized spacial score (nSPS) is 18.9. The Kier molecular flexibility index (Phi) is 12.7. The monoisotopic (exact) mass is 572 g/mol. The quantitative estimate of drug-likeness (QED) is 0.250. The second kappa shape index (κ2) is 15.5. The first-order chi connectivity index (χ1) is 19.5. The lowest BCUT2D eigenvalue weighted by atomic mass is 9.86. The van der Waals surface area contributed by atoms with E-state index < -0.39 is 11.8 Å². The van der Waals surface area contributed by atoms with E-state index in [1.165, 1.54) is 30.4 Å². The van der Waals surface area contributed by atoms with E-state index in [-0.39, 0.29) is 58.5 Å². The predicted octanol–water partition coefficient (Wildman–Crippen LogP) is 7.20. The molecule has 0 aromatic heterocycles. The van der Waals surface area contributed by atoms with Crippen molar-refractivity contribution < 1.29 is 23.1 Å². The number of halogens is 2. The summed E-state index contributed by atoms with van der Waals surface area (Å²) in [6.45, 7) is 18.5. The maximum absolute atomic E-state index is 15.8. The van der Waals surface area contributed by atoms with Crippen LogP contribution < -0.4 is 10.5 Å². The molecule has 2 atom stereocenters. The van der Waals surface area contributed by atoms with E-state index in [1.54, 1.807) is 11.8 Å². The van der Waals surface area contributed by atoms with Gasteiger partial charge in [-0.3, -0.25) is 14.5 Å². The fourth-order valence-corrected chi connectivity index (χ4v) is 5.00. The van der Waals surface area contributed by atoms with Gasteiger partial charge in [0.1, 0.15) is 17.4 Å². The van der Waals surface area contributed by atoms with Gasteiger partial charge in [-0.05, 0) is 56.7 Å². The van der Waals surface area contributed by atoms with E-state index in [2.05, 4.69) is 25.4 Å². The fraction of sp³-hybridized carbons (Fsp3) is 0.531. The van der Waals surface area contributed by atoms with Gasteiger partial charge in [0.2, 0.25) is 11.9 Å². The number of benzene rings is 1. The van der Waals surface area contributed by atoms with E-state index in [9.17, 15) is 9.59 Å². The summed E-state index contributed by atoms with van der Waals surface area (Å²) in [7, 11) is 0. The number of nitrogens with two attached hydrogens (primary N) is 1. The smallest absolute Gasteiger partial charge is 0.222 e. The van der Waals surface area contributed by atoms with Crippen LogP contribution in [0.3, 0.4) is 0 Å². The van der Waals surface area contributed by atoms with Crippen LogP contribution in [0.2, 0.25) is 0 Å². The Balaban J connectivity index is 0.00000187. The van der Waals surface area contributed by atoms with Crippen molar-refractivity contribution in [1.82, 2.24) is 9.80 Å². The Morgan fingerprint density at radius 1 is 1.20 bits per heavy atom. The highest BCUT2D eigenvalue weighted by atomic mass is 19.1. The van der Waals surface area contributed by atoms with Crippen molar-refractivity contribution in [1.29, 1.82) is 0 Å². The van der Waals surface area contributed by atoms with Crippen molar-refractivity contribution in [2.45, 2.75) is 80.6 Å². The molecule has 1 aromatic rings. The second-order valence-corrected chi connectivity index (χ2v) is 10.4. The maximum atomic E-state index is 15.8. The molecule has 1 saturated heterocycles. The first-order valence-electron chi connectivity index (χ1n) is 14.6. The Hall–Kier alpha value is -3.49. The third-order valence-electron chi connectivity index (χ3n) is 7.22. The van der Waals surface area contributed by atoms with Crippen LogP contribution in [0.4, 0.5) is 8.78 Å². The third kappa shape index (κ3) is 7.83. The number of hydrogen-bond donors (Lipinski definition) is 1. The van der Waals surface area contributed by atoms with Gasteiger partial charge in [0.05, 0.1) is 24.1 Å². The average molecular weight is 573 g/mol. The lowest BCUT2D eigenvalue weighted by molar-refractivity contribution is -0.132. The van der Waals surface area contributed by atoms with Gasteiger partial charge in [0.25, 0.3) is 0 Å². The number of allylic oxidation sites excluding steroid dienone is 1. The van der Waals surface area contributed by atoms with Crippen molar-refractivity contribution in [3.8, 4) is 5.75 Å². The highest BCUT2D eigenvalue weighted by Crippen LogP contribution is 2.43. The van der Waals surface area contributed by atoms with Gasteiger partial charge in [-0.2, -0.15) is 4.39 Å². The van der Waals surface area contributed by atoms with Crippen LogP contribution in [0.1, 0.15) is 96.5 Å². The molecule has 2 unspecified atom stereocenters. The zero-order valence-electron chi connectivity index (χ0n) is 25.7. The number of carbonyl (C=O) groups is 2. The Morgan fingerprint density at radius 2 is 1.85 bits per heavy atom. The number of piperidine rings is 1. The number of hydrogen-bond acceptors (Lipinski definition) is 6. The molecule has 0 spiro atoms. The van der Waals surface area contributed by atoms with Crippen molar-refractivity contribution in [3.05, 3.63) is 59.2 Å². The summed E-state index contributed by atoms with van der Waals surface area (Å²) in [4.78, 5) is 31.6. The molecule has 7 nitrogen and oxygen atoms in total. The number of carbonyl (C=O) groups excluding carboxylic acids is 2. The Labute approximate surface area is 243 Å². The van der Waals surface area contributed by atoms with Crippen LogP contribution in [0.5, 0.6) is 5.75 Å². The van der Waals surface area contributed by atoms with Crippen LogP contribution in [0.15, 0.2) is 47.2 Å². The molecule has 3 rings (SSSR count). The van der Waals surface area contributed by atoms with Crippen LogP contribution in [-0.4, -0.2) is 47.0 Å². The van der Waals surface area contributed by atoms with E-state index in [1.807, 2.05) is 20.8 Å². The fourth-order valence-electron chi connectivity index (χ4n) is 5.00. The Morgan fingerprint density at radius 3 is 2.41 bits per heavy atom. The van der Waals surface area contributed by atoms with E-state index >= 15 is 8.78 Å². The number of rotatable bonds is 9. The molecule has 2 aliphatic rings. The summed E-state index contributed by atoms with van der Waals surface area (Å²) in [5.74, 6) is -1.98. The molecule has 1 amide bonds. The molecular weight excluding hydrogens is 526 g/mol. The first kappa shape index (κ1) is 33.7. The summed E-state index contributed by atoms with van der Waals surface area (Å²) in [5.41, 5.74) is 7.69. The largest absolute Gasteiger partial charge is 0.493 e. The molecule has 226 valence electrons. The molecule has 2 heterocycles. The van der Waals surface area contributed by atoms with Crippen LogP contribution in [-0.2, 0) is 4.79 Å². The number of nitrogens with zero attached hydrogens (tertiary/aromatic N) is 3. The molecule has 1 aromatic carbocycles. The molecule has 0 saturated carbocycles. The maximum Gasteiger partial charge on any atom is 0.222 e. The summed E-state index contributed by atoms with van der Waals surface area (Å²) in [6.07, 6.45) is 4.71. The third-order valence-corrected chi connectivity index (χ3v) is 7.22. The van der Waals surface area contributed by atoms with Gasteiger partial charge >= 0.3 is 0 Å². The number of Topliss-reactive ketones (excluding diaryl/α,β-unsaturated/α-hetero) is 1. The summed E-state index contributed by atoms with van der Waals surface area (Å²) >= 11 is 0. The minimum atomic E-state index is -0.697. The number of amides is 1. The molecule has 41 heavy (non-hydrogen) atoms. The minimum Gasteiger partial charge on any atom is -0.493 e. The Bertz CT molecular complexity index is 1220. The lowest BCUT2D eigenvalue weighted by Crippen LogP contribution is -2.43.